The number of amides is 2. The van der Waals surface area contributed by atoms with Gasteiger partial charge in [0.05, 0.1) is 11.3 Å². The predicted octanol–water partition coefficient (Wildman–Crippen LogP) is 7.42. The van der Waals surface area contributed by atoms with E-state index >= 15 is 0 Å². The molecule has 3 rings (SSSR count). The fourth-order valence-electron chi connectivity index (χ4n) is 5.01. The molecule has 1 heterocycles. The average molecular weight is 630 g/mol. The molecular weight excluding hydrogens is 579 g/mol. The second-order valence-electron chi connectivity index (χ2n) is 12.2. The van der Waals surface area contributed by atoms with Gasteiger partial charge < -0.3 is 25.0 Å². The Morgan fingerprint density at radius 2 is 1.79 bits per heavy atom. The van der Waals surface area contributed by atoms with Crippen LogP contribution in [0.25, 0.3) is 0 Å². The Morgan fingerprint density at radius 3 is 2.42 bits per heavy atom. The zero-order valence-electron chi connectivity index (χ0n) is 27.0. The van der Waals surface area contributed by atoms with Crippen LogP contribution in [0.2, 0.25) is 0 Å². The van der Waals surface area contributed by atoms with Gasteiger partial charge in [-0.2, -0.15) is 0 Å². The Balaban J connectivity index is 1.52. The molecule has 1 aliphatic rings. The summed E-state index contributed by atoms with van der Waals surface area (Å²) in [6.45, 7) is 14.3. The molecule has 1 unspecified atom stereocenters. The van der Waals surface area contributed by atoms with E-state index in [1.165, 1.54) is 24.2 Å². The number of piperidine rings is 1. The molecule has 0 saturated carbocycles. The maximum atomic E-state index is 13.5. The van der Waals surface area contributed by atoms with Crippen LogP contribution in [0, 0.1) is 11.8 Å². The van der Waals surface area contributed by atoms with Crippen LogP contribution in [0.4, 0.5) is 16.2 Å². The number of ether oxygens (including phenoxy) is 1. The number of anilines is 2. The quantitative estimate of drug-likeness (QED) is 0.147. The SMILES string of the molecule is CCC(C)C1CCN(Sc2ccc(NC(=O)c3cc(CNCCCNC(=O)OC(C)(C)C)ccc3N(C)SC)cc2)CC1. The fraction of sp³-hybridized carbons (Fsp3) is 0.576. The molecular formula is C33H51N5O3S2. The second-order valence-corrected chi connectivity index (χ2v) is 14.3. The van der Waals surface area contributed by atoms with E-state index < -0.39 is 11.7 Å². The standard InChI is InChI=1S/C33H51N5O3S2/c1-8-24(2)26-16-20-38(21-17-26)43-28-13-11-27(12-14-28)36-31(39)29-22-25(10-15-30(29)37(6)42-7)23-34-18-9-19-35-32(40)41-33(3,4)5/h10-15,22,24,26,34H,8-9,16-21,23H2,1-7H3,(H,35,40)(H,36,39). The van der Waals surface area contributed by atoms with E-state index in [-0.39, 0.29) is 5.91 Å². The third kappa shape index (κ3) is 11.9. The summed E-state index contributed by atoms with van der Waals surface area (Å²) >= 11 is 3.38. The molecule has 2 amide bonds. The molecule has 2 aromatic rings. The molecule has 1 fully saturated rings. The summed E-state index contributed by atoms with van der Waals surface area (Å²) < 4.78 is 9.73. The number of benzene rings is 2. The van der Waals surface area contributed by atoms with Crippen molar-refractivity contribution in [1.82, 2.24) is 14.9 Å². The summed E-state index contributed by atoms with van der Waals surface area (Å²) in [5.41, 5.74) is 2.79. The number of hydrogen-bond donors (Lipinski definition) is 3. The van der Waals surface area contributed by atoms with E-state index in [2.05, 4.69) is 46.2 Å². The van der Waals surface area contributed by atoms with Gasteiger partial charge in [0.15, 0.2) is 0 Å². The summed E-state index contributed by atoms with van der Waals surface area (Å²) in [6.07, 6.45) is 6.15. The number of carbonyl (C=O) groups is 2. The van der Waals surface area contributed by atoms with Crippen molar-refractivity contribution < 1.29 is 14.3 Å². The van der Waals surface area contributed by atoms with Crippen LogP contribution < -0.4 is 20.3 Å². The van der Waals surface area contributed by atoms with Gasteiger partial charge >= 0.3 is 6.09 Å². The Kier molecular flexibility index (Phi) is 14.0. The van der Waals surface area contributed by atoms with Crippen LogP contribution in [0.15, 0.2) is 47.4 Å². The number of carbonyl (C=O) groups excluding carboxylic acids is 2. The lowest BCUT2D eigenvalue weighted by Gasteiger charge is -2.33. The van der Waals surface area contributed by atoms with Crippen molar-refractivity contribution in [2.45, 2.75) is 77.3 Å². The summed E-state index contributed by atoms with van der Waals surface area (Å²) in [6, 6.07) is 14.2. The number of rotatable bonds is 14. The molecule has 0 bridgehead atoms. The lowest BCUT2D eigenvalue weighted by molar-refractivity contribution is 0.0527. The van der Waals surface area contributed by atoms with Gasteiger partial charge in [0.2, 0.25) is 0 Å². The zero-order chi connectivity index (χ0) is 31.4. The van der Waals surface area contributed by atoms with Crippen molar-refractivity contribution >= 4 is 47.3 Å². The molecule has 8 nitrogen and oxygen atoms in total. The monoisotopic (exact) mass is 629 g/mol. The van der Waals surface area contributed by atoms with Crippen LogP contribution in [0.1, 0.15) is 76.2 Å². The number of nitrogens with one attached hydrogen (secondary N) is 3. The number of alkyl carbamates (subject to hydrolysis) is 1. The van der Waals surface area contributed by atoms with Crippen molar-refractivity contribution in [2.75, 3.05) is 49.1 Å². The highest BCUT2D eigenvalue weighted by Crippen LogP contribution is 2.33. The predicted molar refractivity (Wildman–Crippen MR) is 183 cm³/mol. The first kappa shape index (κ1) is 35.1. The normalized spacial score (nSPS) is 15.1. The minimum absolute atomic E-state index is 0.133. The molecule has 1 saturated heterocycles. The minimum atomic E-state index is -0.504. The Labute approximate surface area is 267 Å². The van der Waals surface area contributed by atoms with Gasteiger partial charge in [-0.1, -0.05) is 38.3 Å². The molecule has 238 valence electrons. The maximum Gasteiger partial charge on any atom is 0.407 e. The summed E-state index contributed by atoms with van der Waals surface area (Å²) in [5, 5.41) is 9.28. The molecule has 43 heavy (non-hydrogen) atoms. The molecule has 3 N–H and O–H groups in total. The molecule has 1 atom stereocenters. The largest absolute Gasteiger partial charge is 0.444 e. The smallest absolute Gasteiger partial charge is 0.407 e. The van der Waals surface area contributed by atoms with Crippen LogP contribution in [-0.4, -0.2) is 61.4 Å². The van der Waals surface area contributed by atoms with Crippen molar-refractivity contribution in [1.29, 1.82) is 0 Å². The molecule has 0 aromatic heterocycles. The topological polar surface area (TPSA) is 85.9 Å². The van der Waals surface area contributed by atoms with E-state index in [9.17, 15) is 9.59 Å². The number of hydrogen-bond acceptors (Lipinski definition) is 8. The highest BCUT2D eigenvalue weighted by Gasteiger charge is 2.23. The molecule has 0 radical (unpaired) electrons. The molecule has 2 aromatic carbocycles. The van der Waals surface area contributed by atoms with Crippen molar-refractivity contribution in [2.24, 2.45) is 11.8 Å². The van der Waals surface area contributed by atoms with Crippen molar-refractivity contribution in [3.05, 3.63) is 53.6 Å². The van der Waals surface area contributed by atoms with Crippen LogP contribution >= 0.6 is 23.9 Å². The highest BCUT2D eigenvalue weighted by atomic mass is 32.2. The van der Waals surface area contributed by atoms with Gasteiger partial charge in [-0.15, -0.1) is 0 Å². The Bertz CT molecular complexity index is 1160. The van der Waals surface area contributed by atoms with Crippen molar-refractivity contribution in [3.63, 3.8) is 0 Å². The zero-order valence-corrected chi connectivity index (χ0v) is 28.6. The third-order valence-electron chi connectivity index (χ3n) is 7.74. The molecule has 1 aliphatic heterocycles. The van der Waals surface area contributed by atoms with Crippen LogP contribution in [0.5, 0.6) is 0 Å². The highest BCUT2D eigenvalue weighted by molar-refractivity contribution is 7.99. The van der Waals surface area contributed by atoms with E-state index in [0.717, 1.165) is 54.8 Å². The molecule has 10 heteroatoms. The Morgan fingerprint density at radius 1 is 1.09 bits per heavy atom. The van der Waals surface area contributed by atoms with E-state index in [1.54, 1.807) is 11.9 Å². The minimum Gasteiger partial charge on any atom is -0.444 e. The fourth-order valence-corrected chi connectivity index (χ4v) is 6.32. The van der Waals surface area contributed by atoms with Gasteiger partial charge in [-0.3, -0.25) is 4.79 Å². The van der Waals surface area contributed by atoms with Gasteiger partial charge in [0.25, 0.3) is 5.91 Å². The van der Waals surface area contributed by atoms with E-state index in [4.69, 9.17) is 4.74 Å². The first-order valence-electron chi connectivity index (χ1n) is 15.4. The van der Waals surface area contributed by atoms with Crippen LogP contribution in [-0.2, 0) is 11.3 Å². The van der Waals surface area contributed by atoms with Gasteiger partial charge in [-0.05, 0) is 112 Å². The van der Waals surface area contributed by atoms with E-state index in [0.29, 0.717) is 18.7 Å². The third-order valence-corrected chi connectivity index (χ3v) is 9.59. The lowest BCUT2D eigenvalue weighted by atomic mass is 9.85. The van der Waals surface area contributed by atoms with Gasteiger partial charge in [0, 0.05) is 50.1 Å². The van der Waals surface area contributed by atoms with Crippen LogP contribution in [0.3, 0.4) is 0 Å². The summed E-state index contributed by atoms with van der Waals surface area (Å²) in [5.74, 6) is 1.52. The summed E-state index contributed by atoms with van der Waals surface area (Å²) in [4.78, 5) is 26.4. The molecule has 0 aliphatic carbocycles. The second kappa shape index (κ2) is 17.2. The first-order valence-corrected chi connectivity index (χ1v) is 17.4. The summed E-state index contributed by atoms with van der Waals surface area (Å²) in [7, 11) is 1.96. The molecule has 0 spiro atoms. The van der Waals surface area contributed by atoms with E-state index in [1.807, 2.05) is 80.7 Å². The number of nitrogens with zero attached hydrogens (tertiary/aromatic N) is 2. The Hall–Kier alpha value is -2.40. The van der Waals surface area contributed by atoms with Gasteiger partial charge in [-0.25, -0.2) is 9.10 Å². The lowest BCUT2D eigenvalue weighted by Crippen LogP contribution is -2.33. The maximum absolute atomic E-state index is 13.5. The van der Waals surface area contributed by atoms with Crippen molar-refractivity contribution in [3.8, 4) is 0 Å². The first-order chi connectivity index (χ1) is 20.5. The average Bonchev–Trinajstić information content (AvgIpc) is 2.98. The van der Waals surface area contributed by atoms with Gasteiger partial charge in [0.1, 0.15) is 5.60 Å².